The van der Waals surface area contributed by atoms with Crippen LogP contribution in [0.4, 0.5) is 4.79 Å². The molecule has 2 heterocycles. The minimum Gasteiger partial charge on any atom is -0.374 e. The molecule has 172 valence electrons. The molecule has 8 heteroatoms. The summed E-state index contributed by atoms with van der Waals surface area (Å²) in [7, 11) is 0. The third kappa shape index (κ3) is 5.23. The lowest BCUT2D eigenvalue weighted by molar-refractivity contribution is -0.159. The molecule has 0 aliphatic carbocycles. The van der Waals surface area contributed by atoms with Crippen LogP contribution < -0.4 is 11.2 Å². The molecule has 1 atom stereocenters. The van der Waals surface area contributed by atoms with Crippen LogP contribution in [0.5, 0.6) is 0 Å². The molecule has 33 heavy (non-hydrogen) atoms. The third-order valence-electron chi connectivity index (χ3n) is 6.10. The highest BCUT2D eigenvalue weighted by atomic mass is 16.7. The normalized spacial score (nSPS) is 20.6. The molecule has 0 aromatic heterocycles. The number of esters is 1. The predicted octanol–water partition coefficient (Wildman–Crippen LogP) is 3.04. The van der Waals surface area contributed by atoms with E-state index < -0.39 is 17.7 Å². The smallest absolute Gasteiger partial charge is 0.374 e. The van der Waals surface area contributed by atoms with Crippen molar-refractivity contribution in [3.8, 4) is 0 Å². The first-order chi connectivity index (χ1) is 15.8. The Balaban J connectivity index is 1.35. The van der Waals surface area contributed by atoms with Crippen LogP contribution in [0.2, 0.25) is 0 Å². The van der Waals surface area contributed by atoms with E-state index in [4.69, 9.17) is 10.6 Å². The number of amides is 2. The molecule has 2 aromatic carbocycles. The number of hydrogen-bond acceptors (Lipinski definition) is 6. The number of likely N-dealkylation sites (tertiary alicyclic amines) is 1. The number of hydroxylamine groups is 1. The topological polar surface area (TPSA) is 111 Å². The number of carbonyl (C=O) groups excluding carboxylic acids is 3. The van der Waals surface area contributed by atoms with Crippen LogP contribution in [-0.2, 0) is 20.8 Å². The second-order valence-corrected chi connectivity index (χ2v) is 8.58. The van der Waals surface area contributed by atoms with Crippen LogP contribution in [0.1, 0.15) is 41.3 Å². The Labute approximate surface area is 192 Å². The molecule has 3 N–H and O–H groups in total. The predicted molar refractivity (Wildman–Crippen MR) is 121 cm³/mol. The molecule has 0 radical (unpaired) electrons. The first-order valence-corrected chi connectivity index (χ1v) is 11.0. The summed E-state index contributed by atoms with van der Waals surface area (Å²) in [6, 6.07) is 17.5. The molecule has 0 saturated carbocycles. The van der Waals surface area contributed by atoms with Gasteiger partial charge in [-0.2, -0.15) is 0 Å². The van der Waals surface area contributed by atoms with Crippen molar-refractivity contribution in [3.05, 3.63) is 77.4 Å². The van der Waals surface area contributed by atoms with Crippen LogP contribution in [-0.4, -0.2) is 41.6 Å². The number of carbonyl (C=O) groups is 3. The van der Waals surface area contributed by atoms with E-state index in [-0.39, 0.29) is 5.91 Å². The van der Waals surface area contributed by atoms with Gasteiger partial charge in [-0.3, -0.25) is 15.1 Å². The van der Waals surface area contributed by atoms with Crippen molar-refractivity contribution in [3.63, 3.8) is 0 Å². The van der Waals surface area contributed by atoms with Gasteiger partial charge in [0.1, 0.15) is 0 Å². The number of nitrogens with zero attached hydrogens (tertiary/aromatic N) is 1. The van der Waals surface area contributed by atoms with E-state index in [2.05, 4.69) is 34.5 Å². The quantitative estimate of drug-likeness (QED) is 0.536. The van der Waals surface area contributed by atoms with Crippen molar-refractivity contribution in [2.24, 2.45) is 11.7 Å². The molecule has 2 aromatic rings. The van der Waals surface area contributed by atoms with Gasteiger partial charge in [0.15, 0.2) is 0 Å². The minimum atomic E-state index is -1.48. The lowest BCUT2D eigenvalue weighted by Gasteiger charge is -2.32. The maximum Gasteiger partial charge on any atom is 0.412 e. The highest BCUT2D eigenvalue weighted by Gasteiger charge is 2.41. The summed E-state index contributed by atoms with van der Waals surface area (Å²) < 4.78 is 4.42. The van der Waals surface area contributed by atoms with E-state index in [1.165, 1.54) is 18.6 Å². The second kappa shape index (κ2) is 9.46. The molecule has 1 saturated heterocycles. The highest BCUT2D eigenvalue weighted by molar-refractivity contribution is 5.95. The molecule has 2 aliphatic heterocycles. The Kier molecular flexibility index (Phi) is 6.46. The molecule has 8 nitrogen and oxygen atoms in total. The fraction of sp³-hybridized carbons (Fsp3) is 0.320. The number of ether oxygens (including phenoxy) is 1. The van der Waals surface area contributed by atoms with Gasteiger partial charge in [0, 0.05) is 18.7 Å². The Morgan fingerprint density at radius 2 is 1.76 bits per heavy atom. The summed E-state index contributed by atoms with van der Waals surface area (Å²) in [4.78, 5) is 43.0. The van der Waals surface area contributed by atoms with Gasteiger partial charge in [0.2, 0.25) is 5.60 Å². The van der Waals surface area contributed by atoms with Crippen molar-refractivity contribution in [2.45, 2.75) is 31.8 Å². The molecule has 4 rings (SSSR count). The number of nitrogens with one attached hydrogen (secondary N) is 1. The van der Waals surface area contributed by atoms with Crippen LogP contribution in [0.25, 0.3) is 5.70 Å². The lowest BCUT2D eigenvalue weighted by atomic mass is 9.90. The van der Waals surface area contributed by atoms with Crippen LogP contribution >= 0.6 is 0 Å². The maximum atomic E-state index is 13.0. The highest BCUT2D eigenvalue weighted by Crippen LogP contribution is 2.28. The average Bonchev–Trinajstić information content (AvgIpc) is 3.23. The van der Waals surface area contributed by atoms with Gasteiger partial charge in [-0.15, -0.1) is 0 Å². The second-order valence-electron chi connectivity index (χ2n) is 8.58. The fourth-order valence-electron chi connectivity index (χ4n) is 4.19. The number of piperidine rings is 1. The van der Waals surface area contributed by atoms with E-state index in [0.717, 1.165) is 37.9 Å². The molecular weight excluding hydrogens is 422 g/mol. The number of rotatable bonds is 5. The van der Waals surface area contributed by atoms with Crippen molar-refractivity contribution in [1.82, 2.24) is 10.4 Å². The zero-order chi connectivity index (χ0) is 23.4. The van der Waals surface area contributed by atoms with Gasteiger partial charge in [0.25, 0.3) is 5.91 Å². The van der Waals surface area contributed by atoms with Crippen molar-refractivity contribution < 1.29 is 24.0 Å². The Morgan fingerprint density at radius 1 is 1.09 bits per heavy atom. The Hall–Kier alpha value is -3.65. The van der Waals surface area contributed by atoms with E-state index in [1.54, 1.807) is 24.3 Å². The van der Waals surface area contributed by atoms with Crippen molar-refractivity contribution in [1.29, 1.82) is 0 Å². The summed E-state index contributed by atoms with van der Waals surface area (Å²) in [6.07, 6.45) is 3.35. The molecule has 0 bridgehead atoms. The first kappa shape index (κ1) is 22.5. The third-order valence-corrected chi connectivity index (χ3v) is 6.10. The average molecular weight is 450 g/mol. The van der Waals surface area contributed by atoms with E-state index in [9.17, 15) is 14.4 Å². The molecule has 1 fully saturated rings. The molecule has 2 amide bonds. The van der Waals surface area contributed by atoms with E-state index in [0.29, 0.717) is 17.2 Å². The zero-order valence-corrected chi connectivity index (χ0v) is 18.5. The number of primary amides is 1. The summed E-state index contributed by atoms with van der Waals surface area (Å²) in [6.45, 7) is 2.95. The zero-order valence-electron chi connectivity index (χ0n) is 18.5. The van der Waals surface area contributed by atoms with E-state index in [1.807, 2.05) is 11.0 Å². The molecule has 1 unspecified atom stereocenters. The number of nitrogens with two attached hydrogens (primary N) is 1. The summed E-state index contributed by atoms with van der Waals surface area (Å²) in [5.41, 5.74) is 9.29. The van der Waals surface area contributed by atoms with Crippen LogP contribution in [0.3, 0.4) is 0 Å². The molecule has 2 aliphatic rings. The summed E-state index contributed by atoms with van der Waals surface area (Å²) >= 11 is 0. The van der Waals surface area contributed by atoms with Crippen LogP contribution in [0.15, 0.2) is 60.7 Å². The van der Waals surface area contributed by atoms with Crippen molar-refractivity contribution in [2.75, 3.05) is 13.1 Å². The van der Waals surface area contributed by atoms with E-state index >= 15 is 0 Å². The van der Waals surface area contributed by atoms with Crippen molar-refractivity contribution >= 4 is 23.7 Å². The monoisotopic (exact) mass is 449 g/mol. The van der Waals surface area contributed by atoms with Gasteiger partial charge >= 0.3 is 12.1 Å². The SMILES string of the molecule is CC1(C(=O)OC(N)=O)C=C(c2ccc(C(=O)N3CCC(Cc4ccccc4)CC3)cc2)NO1. The summed E-state index contributed by atoms with van der Waals surface area (Å²) in [5.74, 6) is -0.311. The molecule has 0 spiro atoms. The maximum absolute atomic E-state index is 13.0. The van der Waals surface area contributed by atoms with Crippen LogP contribution in [0, 0.1) is 5.92 Å². The fourth-order valence-corrected chi connectivity index (χ4v) is 4.19. The largest absolute Gasteiger partial charge is 0.412 e. The molecular formula is C25H27N3O5. The van der Waals surface area contributed by atoms with Gasteiger partial charge < -0.3 is 15.4 Å². The Bertz CT molecular complexity index is 1060. The lowest BCUT2D eigenvalue weighted by Crippen LogP contribution is -2.39. The van der Waals surface area contributed by atoms with Gasteiger partial charge in [-0.05, 0) is 61.4 Å². The Morgan fingerprint density at radius 3 is 2.39 bits per heavy atom. The first-order valence-electron chi connectivity index (χ1n) is 11.0. The van der Waals surface area contributed by atoms with Gasteiger partial charge in [-0.25, -0.2) is 9.59 Å². The van der Waals surface area contributed by atoms with Gasteiger partial charge in [-0.1, -0.05) is 42.5 Å². The standard InChI is InChI=1S/C25H27N3O5/c1-25(23(30)32-24(26)31)16-21(27-33-25)19-7-9-20(10-8-19)22(29)28-13-11-18(12-14-28)15-17-5-3-2-4-6-17/h2-10,16,18,27H,11-15H2,1H3,(H2,26,31). The minimum absolute atomic E-state index is 0.0131. The number of hydrogen-bond donors (Lipinski definition) is 2. The van der Waals surface area contributed by atoms with Gasteiger partial charge in [0.05, 0.1) is 5.70 Å². The summed E-state index contributed by atoms with van der Waals surface area (Å²) in [5, 5.41) is 0. The number of benzene rings is 2.